The topological polar surface area (TPSA) is 46.5 Å². The molecule has 1 N–H and O–H groups in total. The van der Waals surface area contributed by atoms with Crippen molar-refractivity contribution in [3.05, 3.63) is 29.3 Å². The van der Waals surface area contributed by atoms with E-state index in [2.05, 4.69) is 0 Å². The molecule has 0 saturated heterocycles. The van der Waals surface area contributed by atoms with Crippen molar-refractivity contribution in [1.82, 2.24) is 0 Å². The Balaban J connectivity index is 2.68. The van der Waals surface area contributed by atoms with E-state index < -0.39 is 5.97 Å². The molecule has 1 aromatic carbocycles. The Hall–Kier alpha value is -1.00. The van der Waals surface area contributed by atoms with Gasteiger partial charge in [0.15, 0.2) is 0 Å². The Bertz CT molecular complexity index is 363. The van der Waals surface area contributed by atoms with Crippen molar-refractivity contribution >= 4 is 17.7 Å². The van der Waals surface area contributed by atoms with E-state index in [0.717, 1.165) is 22.6 Å². The minimum atomic E-state index is -0.866. The van der Waals surface area contributed by atoms with Gasteiger partial charge in [0.2, 0.25) is 0 Å². The third-order valence-electron chi connectivity index (χ3n) is 2.12. The van der Waals surface area contributed by atoms with Crippen molar-refractivity contribution < 1.29 is 14.6 Å². The molecule has 0 saturated carbocycles. The summed E-state index contributed by atoms with van der Waals surface area (Å²) >= 11 is 1.57. The molecular formula is C12H16O3S. The second-order valence-electron chi connectivity index (χ2n) is 3.50. The highest BCUT2D eigenvalue weighted by Crippen LogP contribution is 2.24. The van der Waals surface area contributed by atoms with Crippen molar-refractivity contribution in [3.63, 3.8) is 0 Å². The maximum absolute atomic E-state index is 11.0. The van der Waals surface area contributed by atoms with Crippen molar-refractivity contribution in [2.45, 2.75) is 18.2 Å². The zero-order chi connectivity index (χ0) is 12.0. The van der Waals surface area contributed by atoms with Crippen molar-refractivity contribution in [1.29, 1.82) is 0 Å². The number of ether oxygens (including phenoxy) is 1. The molecule has 88 valence electrons. The standard InChI is InChI=1S/C12H16O3S/c1-9-4-5-10(12(13)14)11(8-9)16-7-3-6-15-2/h4-5,8H,3,6-7H2,1-2H3,(H,13,14). The number of aryl methyl sites for hydroxylation is 1. The minimum Gasteiger partial charge on any atom is -0.478 e. The first kappa shape index (κ1) is 13.1. The Labute approximate surface area is 99.8 Å². The van der Waals surface area contributed by atoms with Gasteiger partial charge in [-0.2, -0.15) is 0 Å². The lowest BCUT2D eigenvalue weighted by atomic mass is 10.1. The highest BCUT2D eigenvalue weighted by Gasteiger charge is 2.09. The monoisotopic (exact) mass is 240 g/mol. The van der Waals surface area contributed by atoms with Crippen LogP contribution >= 0.6 is 11.8 Å². The second kappa shape index (κ2) is 6.55. The summed E-state index contributed by atoms with van der Waals surface area (Å²) in [6, 6.07) is 5.40. The molecule has 0 aliphatic heterocycles. The molecular weight excluding hydrogens is 224 g/mol. The van der Waals surface area contributed by atoms with E-state index in [0.29, 0.717) is 12.2 Å². The smallest absolute Gasteiger partial charge is 0.336 e. The van der Waals surface area contributed by atoms with Gasteiger partial charge in [0.25, 0.3) is 0 Å². The summed E-state index contributed by atoms with van der Waals surface area (Å²) in [7, 11) is 1.67. The van der Waals surface area contributed by atoms with Crippen molar-refractivity contribution in [2.24, 2.45) is 0 Å². The van der Waals surface area contributed by atoms with Gasteiger partial charge in [0, 0.05) is 24.4 Å². The lowest BCUT2D eigenvalue weighted by molar-refractivity contribution is 0.0693. The zero-order valence-electron chi connectivity index (χ0n) is 9.53. The molecule has 0 unspecified atom stereocenters. The quantitative estimate of drug-likeness (QED) is 0.613. The summed E-state index contributed by atoms with van der Waals surface area (Å²) in [4.78, 5) is 11.8. The number of rotatable bonds is 6. The van der Waals surface area contributed by atoms with Gasteiger partial charge >= 0.3 is 5.97 Å². The molecule has 4 heteroatoms. The fourth-order valence-corrected chi connectivity index (χ4v) is 2.37. The normalized spacial score (nSPS) is 10.4. The maximum Gasteiger partial charge on any atom is 0.336 e. The molecule has 0 bridgehead atoms. The van der Waals surface area contributed by atoms with E-state index in [9.17, 15) is 4.79 Å². The van der Waals surface area contributed by atoms with Gasteiger partial charge in [-0.05, 0) is 31.0 Å². The third kappa shape index (κ3) is 3.87. The summed E-state index contributed by atoms with van der Waals surface area (Å²) in [6.07, 6.45) is 0.925. The fourth-order valence-electron chi connectivity index (χ4n) is 1.31. The SMILES string of the molecule is COCCCSc1cc(C)ccc1C(=O)O. The summed E-state index contributed by atoms with van der Waals surface area (Å²) in [5.74, 6) is 0.00615. The van der Waals surface area contributed by atoms with Crippen LogP contribution in [0.1, 0.15) is 22.3 Å². The van der Waals surface area contributed by atoms with Gasteiger partial charge in [-0.25, -0.2) is 4.79 Å². The van der Waals surface area contributed by atoms with E-state index in [-0.39, 0.29) is 0 Å². The molecule has 3 nitrogen and oxygen atoms in total. The average Bonchev–Trinajstić information content (AvgIpc) is 2.24. The van der Waals surface area contributed by atoms with Crippen LogP contribution in [0.2, 0.25) is 0 Å². The van der Waals surface area contributed by atoms with Crippen LogP contribution in [0.3, 0.4) is 0 Å². The molecule has 0 amide bonds. The molecule has 0 atom stereocenters. The average molecular weight is 240 g/mol. The van der Waals surface area contributed by atoms with Crippen LogP contribution in [0.15, 0.2) is 23.1 Å². The van der Waals surface area contributed by atoms with Crippen LogP contribution in [-0.4, -0.2) is 30.5 Å². The number of hydrogen-bond acceptors (Lipinski definition) is 3. The van der Waals surface area contributed by atoms with Crippen LogP contribution in [0.4, 0.5) is 0 Å². The number of benzene rings is 1. The van der Waals surface area contributed by atoms with Gasteiger partial charge in [0.1, 0.15) is 0 Å². The Morgan fingerprint density at radius 3 is 2.88 bits per heavy atom. The molecule has 0 radical (unpaired) electrons. The highest BCUT2D eigenvalue weighted by atomic mass is 32.2. The predicted octanol–water partition coefficient (Wildman–Crippen LogP) is 2.82. The predicted molar refractivity (Wildman–Crippen MR) is 65.4 cm³/mol. The molecule has 0 aliphatic rings. The van der Waals surface area contributed by atoms with Crippen LogP contribution in [0, 0.1) is 6.92 Å². The number of carbonyl (C=O) groups is 1. The Morgan fingerprint density at radius 1 is 1.50 bits per heavy atom. The third-order valence-corrected chi connectivity index (χ3v) is 3.26. The van der Waals surface area contributed by atoms with Crippen LogP contribution in [0.25, 0.3) is 0 Å². The number of thioether (sulfide) groups is 1. The molecule has 0 fully saturated rings. The number of carboxylic acid groups (broad SMARTS) is 1. The van der Waals surface area contributed by atoms with Crippen LogP contribution in [-0.2, 0) is 4.74 Å². The van der Waals surface area contributed by atoms with Gasteiger partial charge in [-0.1, -0.05) is 6.07 Å². The molecule has 1 aromatic rings. The fraction of sp³-hybridized carbons (Fsp3) is 0.417. The van der Waals surface area contributed by atoms with Crippen molar-refractivity contribution in [2.75, 3.05) is 19.5 Å². The first-order valence-electron chi connectivity index (χ1n) is 5.11. The van der Waals surface area contributed by atoms with Gasteiger partial charge in [0.05, 0.1) is 5.56 Å². The molecule has 0 aromatic heterocycles. The molecule has 0 heterocycles. The van der Waals surface area contributed by atoms with Gasteiger partial charge in [-0.15, -0.1) is 11.8 Å². The maximum atomic E-state index is 11.0. The summed E-state index contributed by atoms with van der Waals surface area (Å²) in [6.45, 7) is 2.67. The van der Waals surface area contributed by atoms with E-state index >= 15 is 0 Å². The van der Waals surface area contributed by atoms with E-state index in [4.69, 9.17) is 9.84 Å². The number of carboxylic acids is 1. The first-order chi connectivity index (χ1) is 7.65. The minimum absolute atomic E-state index is 0.382. The molecule has 0 aliphatic carbocycles. The first-order valence-corrected chi connectivity index (χ1v) is 6.09. The summed E-state index contributed by atoms with van der Waals surface area (Å²) < 4.78 is 4.95. The molecule has 16 heavy (non-hydrogen) atoms. The van der Waals surface area contributed by atoms with E-state index in [1.54, 1.807) is 24.9 Å². The highest BCUT2D eigenvalue weighted by molar-refractivity contribution is 7.99. The van der Waals surface area contributed by atoms with Gasteiger partial charge in [-0.3, -0.25) is 0 Å². The Morgan fingerprint density at radius 2 is 2.25 bits per heavy atom. The number of hydrogen-bond donors (Lipinski definition) is 1. The van der Waals surface area contributed by atoms with E-state index in [1.165, 1.54) is 0 Å². The number of methoxy groups -OCH3 is 1. The largest absolute Gasteiger partial charge is 0.478 e. The second-order valence-corrected chi connectivity index (χ2v) is 4.64. The lowest BCUT2D eigenvalue weighted by Crippen LogP contribution is -2.00. The molecule has 1 rings (SSSR count). The van der Waals surface area contributed by atoms with Crippen LogP contribution < -0.4 is 0 Å². The molecule has 0 spiro atoms. The van der Waals surface area contributed by atoms with Gasteiger partial charge < -0.3 is 9.84 Å². The van der Waals surface area contributed by atoms with E-state index in [1.807, 2.05) is 19.1 Å². The summed E-state index contributed by atoms with van der Waals surface area (Å²) in [5.41, 5.74) is 1.47. The zero-order valence-corrected chi connectivity index (χ0v) is 10.3. The summed E-state index contributed by atoms with van der Waals surface area (Å²) in [5, 5.41) is 9.02. The van der Waals surface area contributed by atoms with Crippen molar-refractivity contribution in [3.8, 4) is 0 Å². The number of aromatic carboxylic acids is 1. The Kier molecular flexibility index (Phi) is 5.35. The lowest BCUT2D eigenvalue weighted by Gasteiger charge is -2.06. The van der Waals surface area contributed by atoms with Crippen LogP contribution in [0.5, 0.6) is 0 Å².